The lowest BCUT2D eigenvalue weighted by molar-refractivity contribution is 0.238. The molecule has 1 N–H and O–H groups in total. The lowest BCUT2D eigenvalue weighted by Gasteiger charge is -2.34. The van der Waals surface area contributed by atoms with Gasteiger partial charge in [-0.1, -0.05) is 6.92 Å². The van der Waals surface area contributed by atoms with Crippen LogP contribution in [-0.2, 0) is 0 Å². The maximum Gasteiger partial charge on any atom is 0.193 e. The predicted molar refractivity (Wildman–Crippen MR) is 81.6 cm³/mol. The highest BCUT2D eigenvalue weighted by atomic mass is 15.3. The van der Waals surface area contributed by atoms with E-state index in [1.165, 1.54) is 25.7 Å². The number of piperidine rings is 1. The van der Waals surface area contributed by atoms with Crippen LogP contribution in [0.5, 0.6) is 0 Å². The molecule has 1 saturated carbocycles. The molecule has 2 rings (SSSR count). The first-order chi connectivity index (χ1) is 9.11. The molecule has 1 saturated heterocycles. The Balaban J connectivity index is 1.78. The molecule has 1 heterocycles. The third-order valence-corrected chi connectivity index (χ3v) is 4.54. The van der Waals surface area contributed by atoms with Crippen molar-refractivity contribution < 1.29 is 0 Å². The van der Waals surface area contributed by atoms with Gasteiger partial charge in [0.15, 0.2) is 5.96 Å². The van der Waals surface area contributed by atoms with E-state index in [-0.39, 0.29) is 0 Å². The summed E-state index contributed by atoms with van der Waals surface area (Å²) in [5, 5.41) is 3.56. The van der Waals surface area contributed by atoms with E-state index in [1.54, 1.807) is 0 Å². The van der Waals surface area contributed by atoms with Gasteiger partial charge in [-0.05, 0) is 45.6 Å². The van der Waals surface area contributed by atoms with E-state index < -0.39 is 0 Å². The van der Waals surface area contributed by atoms with Crippen molar-refractivity contribution in [1.82, 2.24) is 15.1 Å². The second kappa shape index (κ2) is 6.60. The van der Waals surface area contributed by atoms with Crippen molar-refractivity contribution in [3.63, 3.8) is 0 Å². The number of rotatable bonds is 4. The quantitative estimate of drug-likeness (QED) is 0.621. The number of hydrogen-bond donors (Lipinski definition) is 1. The smallest absolute Gasteiger partial charge is 0.193 e. The van der Waals surface area contributed by atoms with Gasteiger partial charge < -0.3 is 10.2 Å². The van der Waals surface area contributed by atoms with Crippen molar-refractivity contribution in [3.8, 4) is 0 Å². The molecule has 0 amide bonds. The fraction of sp³-hybridized carbons (Fsp3) is 0.933. The molecule has 1 aliphatic carbocycles. The average Bonchev–Trinajstić information content (AvgIpc) is 3.22. The zero-order valence-electron chi connectivity index (χ0n) is 13.0. The van der Waals surface area contributed by atoms with Crippen LogP contribution < -0.4 is 5.32 Å². The highest BCUT2D eigenvalue weighted by Crippen LogP contribution is 2.26. The molecule has 0 aromatic rings. The fourth-order valence-electron chi connectivity index (χ4n) is 2.94. The molecule has 110 valence electrons. The molecule has 0 aromatic carbocycles. The van der Waals surface area contributed by atoms with Crippen LogP contribution in [0.2, 0.25) is 0 Å². The van der Waals surface area contributed by atoms with Crippen molar-refractivity contribution in [3.05, 3.63) is 0 Å². The third-order valence-electron chi connectivity index (χ3n) is 4.54. The first kappa shape index (κ1) is 14.6. The highest BCUT2D eigenvalue weighted by Gasteiger charge is 2.29. The summed E-state index contributed by atoms with van der Waals surface area (Å²) in [6.07, 6.45) is 5.39. The van der Waals surface area contributed by atoms with E-state index in [1.807, 2.05) is 7.05 Å². The minimum atomic E-state index is 0.575. The lowest BCUT2D eigenvalue weighted by atomic mass is 10.0. The molecule has 19 heavy (non-hydrogen) atoms. The van der Waals surface area contributed by atoms with Gasteiger partial charge in [0.05, 0.1) is 0 Å². The number of likely N-dealkylation sites (N-methyl/N-ethyl adjacent to an activating group) is 1. The highest BCUT2D eigenvalue weighted by molar-refractivity contribution is 5.80. The molecular formula is C15H30N4. The summed E-state index contributed by atoms with van der Waals surface area (Å²) in [7, 11) is 4.15. The minimum absolute atomic E-state index is 0.575. The van der Waals surface area contributed by atoms with Crippen LogP contribution in [0.25, 0.3) is 0 Å². The van der Waals surface area contributed by atoms with E-state index in [0.29, 0.717) is 6.04 Å². The van der Waals surface area contributed by atoms with Gasteiger partial charge in [0.2, 0.25) is 0 Å². The Kier molecular flexibility index (Phi) is 5.08. The molecule has 0 aromatic heterocycles. The van der Waals surface area contributed by atoms with Gasteiger partial charge in [0, 0.05) is 38.8 Å². The SMILES string of the molecule is CN=C(NCC(C)N(C)C1CC1)N1CCCC(C)C1. The standard InChI is InChI=1S/C15H30N4/c1-12-6-5-9-19(11-12)15(16-3)17-10-13(2)18(4)14-7-8-14/h12-14H,5-11H2,1-4H3,(H,16,17). The third kappa shape index (κ3) is 4.10. The zero-order valence-corrected chi connectivity index (χ0v) is 13.0. The van der Waals surface area contributed by atoms with Gasteiger partial charge in [-0.2, -0.15) is 0 Å². The Morgan fingerprint density at radius 1 is 1.42 bits per heavy atom. The monoisotopic (exact) mass is 266 g/mol. The van der Waals surface area contributed by atoms with Crippen molar-refractivity contribution in [2.75, 3.05) is 33.7 Å². The molecule has 2 atom stereocenters. The number of likely N-dealkylation sites (tertiary alicyclic amines) is 1. The van der Waals surface area contributed by atoms with Crippen LogP contribution in [-0.4, -0.2) is 61.6 Å². The number of hydrogen-bond acceptors (Lipinski definition) is 2. The van der Waals surface area contributed by atoms with Gasteiger partial charge >= 0.3 is 0 Å². The Bertz CT molecular complexity index is 311. The largest absolute Gasteiger partial charge is 0.355 e. The van der Waals surface area contributed by atoms with E-state index in [9.17, 15) is 0 Å². The molecule has 0 bridgehead atoms. The van der Waals surface area contributed by atoms with Crippen LogP contribution in [0.1, 0.15) is 39.5 Å². The molecular weight excluding hydrogens is 236 g/mol. The predicted octanol–water partition coefficient (Wildman–Crippen LogP) is 1.78. The normalized spacial score (nSPS) is 26.7. The van der Waals surface area contributed by atoms with Crippen molar-refractivity contribution in [2.45, 2.75) is 51.6 Å². The van der Waals surface area contributed by atoms with Crippen LogP contribution in [0.15, 0.2) is 4.99 Å². The summed E-state index contributed by atoms with van der Waals surface area (Å²) in [5.41, 5.74) is 0. The first-order valence-electron chi connectivity index (χ1n) is 7.79. The van der Waals surface area contributed by atoms with Gasteiger partial charge in [0.1, 0.15) is 0 Å². The minimum Gasteiger partial charge on any atom is -0.355 e. The Morgan fingerprint density at radius 3 is 2.74 bits per heavy atom. The zero-order chi connectivity index (χ0) is 13.8. The van der Waals surface area contributed by atoms with Crippen molar-refractivity contribution in [1.29, 1.82) is 0 Å². The van der Waals surface area contributed by atoms with Crippen molar-refractivity contribution >= 4 is 5.96 Å². The molecule has 2 aliphatic rings. The average molecular weight is 266 g/mol. The summed E-state index contributed by atoms with van der Waals surface area (Å²) < 4.78 is 0. The number of guanidine groups is 1. The molecule has 2 fully saturated rings. The van der Waals surface area contributed by atoms with E-state index in [2.05, 4.69) is 41.0 Å². The molecule has 0 spiro atoms. The Hall–Kier alpha value is -0.770. The maximum absolute atomic E-state index is 4.45. The van der Waals surface area contributed by atoms with E-state index >= 15 is 0 Å². The summed E-state index contributed by atoms with van der Waals surface area (Å²) in [5.74, 6) is 1.88. The fourth-order valence-corrected chi connectivity index (χ4v) is 2.94. The van der Waals surface area contributed by atoms with E-state index in [0.717, 1.165) is 37.6 Å². The van der Waals surface area contributed by atoms with Gasteiger partial charge in [-0.3, -0.25) is 9.89 Å². The number of nitrogens with one attached hydrogen (secondary N) is 1. The molecule has 0 radical (unpaired) electrons. The van der Waals surface area contributed by atoms with Crippen LogP contribution in [0, 0.1) is 5.92 Å². The summed E-state index contributed by atoms with van der Waals surface area (Å²) in [6, 6.07) is 1.40. The van der Waals surface area contributed by atoms with Crippen molar-refractivity contribution in [2.24, 2.45) is 10.9 Å². The Labute approximate surface area is 118 Å². The van der Waals surface area contributed by atoms with Crippen LogP contribution in [0.4, 0.5) is 0 Å². The molecule has 1 aliphatic heterocycles. The number of aliphatic imine (C=N–C) groups is 1. The lowest BCUT2D eigenvalue weighted by Crippen LogP contribution is -2.49. The molecule has 4 nitrogen and oxygen atoms in total. The Morgan fingerprint density at radius 2 is 2.16 bits per heavy atom. The number of nitrogens with zero attached hydrogens (tertiary/aromatic N) is 3. The van der Waals surface area contributed by atoms with Crippen LogP contribution in [0.3, 0.4) is 0 Å². The first-order valence-corrected chi connectivity index (χ1v) is 7.79. The summed E-state index contributed by atoms with van der Waals surface area (Å²) in [4.78, 5) is 9.36. The topological polar surface area (TPSA) is 30.9 Å². The van der Waals surface area contributed by atoms with Crippen LogP contribution >= 0.6 is 0 Å². The maximum atomic E-state index is 4.45. The second-order valence-corrected chi connectivity index (χ2v) is 6.37. The second-order valence-electron chi connectivity index (χ2n) is 6.37. The molecule has 2 unspecified atom stereocenters. The molecule has 4 heteroatoms. The van der Waals surface area contributed by atoms with Gasteiger partial charge in [-0.25, -0.2) is 0 Å². The summed E-state index contributed by atoms with van der Waals surface area (Å²) in [6.45, 7) is 7.92. The van der Waals surface area contributed by atoms with E-state index in [4.69, 9.17) is 0 Å². The van der Waals surface area contributed by atoms with Gasteiger partial charge in [0.25, 0.3) is 0 Å². The summed E-state index contributed by atoms with van der Waals surface area (Å²) >= 11 is 0. The van der Waals surface area contributed by atoms with Gasteiger partial charge in [-0.15, -0.1) is 0 Å².